The van der Waals surface area contributed by atoms with Crippen molar-refractivity contribution in [2.24, 2.45) is 5.92 Å². The van der Waals surface area contributed by atoms with Crippen LogP contribution in [0, 0.1) is 5.92 Å². The molecule has 0 amide bonds. The highest BCUT2D eigenvalue weighted by Crippen LogP contribution is 2.20. The van der Waals surface area contributed by atoms with E-state index >= 15 is 0 Å². The van der Waals surface area contributed by atoms with Gasteiger partial charge in [0.1, 0.15) is 9.84 Å². The predicted molar refractivity (Wildman–Crippen MR) is 73.2 cm³/mol. The van der Waals surface area contributed by atoms with Gasteiger partial charge in [0.25, 0.3) is 10.2 Å². The first-order chi connectivity index (χ1) is 9.04. The first-order valence-electron chi connectivity index (χ1n) is 6.16. The number of nitrogens with zero attached hydrogens (tertiary/aromatic N) is 2. The number of carboxylic acid groups (broad SMARTS) is 1. The summed E-state index contributed by atoms with van der Waals surface area (Å²) in [5.74, 6) is -1.66. The minimum atomic E-state index is -3.72. The van der Waals surface area contributed by atoms with Gasteiger partial charge in [-0.1, -0.05) is 0 Å². The number of rotatable bonds is 6. The molecule has 1 aliphatic heterocycles. The van der Waals surface area contributed by atoms with Gasteiger partial charge in [0.05, 0.1) is 11.7 Å². The zero-order valence-corrected chi connectivity index (χ0v) is 13.2. The van der Waals surface area contributed by atoms with Crippen molar-refractivity contribution in [1.82, 2.24) is 8.61 Å². The summed E-state index contributed by atoms with van der Waals surface area (Å²) in [7, 11) is -5.63. The molecular formula is C10H20N2O6S2. The molecule has 20 heavy (non-hydrogen) atoms. The monoisotopic (exact) mass is 328 g/mol. The smallest absolute Gasteiger partial charge is 0.306 e. The first kappa shape index (κ1) is 17.3. The Morgan fingerprint density at radius 2 is 1.75 bits per heavy atom. The number of aliphatic carboxylic acids is 1. The molecule has 1 N–H and O–H groups in total. The lowest BCUT2D eigenvalue weighted by atomic mass is 9.99. The van der Waals surface area contributed by atoms with Crippen LogP contribution in [0.15, 0.2) is 0 Å². The molecule has 1 heterocycles. The van der Waals surface area contributed by atoms with E-state index in [2.05, 4.69) is 0 Å². The average molecular weight is 328 g/mol. The highest BCUT2D eigenvalue weighted by molar-refractivity contribution is 7.90. The topological polar surface area (TPSA) is 112 Å². The molecule has 0 unspecified atom stereocenters. The molecule has 118 valence electrons. The maximum absolute atomic E-state index is 12.2. The molecule has 0 saturated carbocycles. The molecule has 1 saturated heterocycles. The second-order valence-electron chi connectivity index (χ2n) is 4.97. The Bertz CT molecular complexity index is 548. The number of sulfone groups is 1. The van der Waals surface area contributed by atoms with E-state index in [9.17, 15) is 21.6 Å². The summed E-state index contributed by atoms with van der Waals surface area (Å²) in [6, 6.07) is 0. The number of carboxylic acids is 1. The number of hydrogen-bond donors (Lipinski definition) is 1. The van der Waals surface area contributed by atoms with E-state index < -0.39 is 31.9 Å². The predicted octanol–water partition coefficient (Wildman–Crippen LogP) is -0.996. The lowest BCUT2D eigenvalue weighted by Gasteiger charge is -2.32. The van der Waals surface area contributed by atoms with E-state index in [0.717, 1.165) is 10.6 Å². The van der Waals surface area contributed by atoms with Crippen LogP contribution in [-0.2, 0) is 24.8 Å². The van der Waals surface area contributed by atoms with Gasteiger partial charge < -0.3 is 5.11 Å². The first-order valence-corrected chi connectivity index (χ1v) is 9.62. The molecule has 1 aliphatic rings. The molecule has 8 nitrogen and oxygen atoms in total. The van der Waals surface area contributed by atoms with Crippen molar-refractivity contribution < 1.29 is 26.7 Å². The van der Waals surface area contributed by atoms with Crippen molar-refractivity contribution in [2.45, 2.75) is 12.8 Å². The number of carbonyl (C=O) groups is 1. The van der Waals surface area contributed by atoms with Gasteiger partial charge in [0.15, 0.2) is 0 Å². The Kier molecular flexibility index (Phi) is 5.53. The van der Waals surface area contributed by atoms with Gasteiger partial charge in [-0.15, -0.1) is 0 Å². The van der Waals surface area contributed by atoms with E-state index in [4.69, 9.17) is 5.11 Å². The van der Waals surface area contributed by atoms with Crippen molar-refractivity contribution in [1.29, 1.82) is 0 Å². The Morgan fingerprint density at radius 3 is 2.15 bits per heavy atom. The zero-order chi connectivity index (χ0) is 15.6. The van der Waals surface area contributed by atoms with Gasteiger partial charge in [-0.2, -0.15) is 17.0 Å². The Labute approximate surface area is 119 Å². The zero-order valence-electron chi connectivity index (χ0n) is 11.5. The second kappa shape index (κ2) is 6.37. The number of piperidine rings is 1. The molecule has 0 atom stereocenters. The molecule has 0 radical (unpaired) electrons. The Balaban J connectivity index is 2.63. The summed E-state index contributed by atoms with van der Waals surface area (Å²) in [5, 5.41) is 8.87. The van der Waals surface area contributed by atoms with Crippen LogP contribution in [0.5, 0.6) is 0 Å². The van der Waals surface area contributed by atoms with Gasteiger partial charge in [-0.3, -0.25) is 4.79 Å². The molecule has 10 heteroatoms. The van der Waals surface area contributed by atoms with Crippen molar-refractivity contribution in [3.05, 3.63) is 0 Å². The quantitative estimate of drug-likeness (QED) is 0.669. The normalized spacial score (nSPS) is 19.4. The van der Waals surface area contributed by atoms with Crippen molar-refractivity contribution in [3.63, 3.8) is 0 Å². The summed E-state index contributed by atoms with van der Waals surface area (Å²) >= 11 is 0. The fourth-order valence-corrected chi connectivity index (χ4v) is 4.05. The standard InChI is InChI=1S/C10H20N2O6S2/c1-11(7-8-19(2,15)16)20(17,18)12-5-3-9(4-6-12)10(13)14/h9H,3-8H2,1-2H3,(H,13,14). The van der Waals surface area contributed by atoms with Crippen LogP contribution in [0.2, 0.25) is 0 Å². The lowest BCUT2D eigenvalue weighted by Crippen LogP contribution is -2.47. The van der Waals surface area contributed by atoms with E-state index in [1.807, 2.05) is 0 Å². The molecule has 0 aromatic carbocycles. The molecule has 0 aromatic heterocycles. The van der Waals surface area contributed by atoms with Crippen LogP contribution in [0.3, 0.4) is 0 Å². The van der Waals surface area contributed by atoms with E-state index in [-0.39, 0.29) is 38.2 Å². The highest BCUT2D eigenvalue weighted by Gasteiger charge is 2.33. The summed E-state index contributed by atoms with van der Waals surface area (Å²) in [4.78, 5) is 10.8. The maximum Gasteiger partial charge on any atom is 0.306 e. The fourth-order valence-electron chi connectivity index (χ4n) is 1.94. The summed E-state index contributed by atoms with van der Waals surface area (Å²) in [6.45, 7) is 0.172. The molecule has 1 fully saturated rings. The third kappa shape index (κ3) is 4.69. The minimum absolute atomic E-state index is 0.111. The third-order valence-corrected chi connectivity index (χ3v) is 6.21. The lowest BCUT2D eigenvalue weighted by molar-refractivity contribution is -0.142. The fraction of sp³-hybridized carbons (Fsp3) is 0.900. The molecule has 0 aliphatic carbocycles. The van der Waals surface area contributed by atoms with Gasteiger partial charge in [0, 0.05) is 32.9 Å². The minimum Gasteiger partial charge on any atom is -0.481 e. The average Bonchev–Trinajstić information content (AvgIpc) is 2.35. The van der Waals surface area contributed by atoms with Crippen LogP contribution >= 0.6 is 0 Å². The summed E-state index contributed by atoms with van der Waals surface area (Å²) in [5.41, 5.74) is 0. The molecule has 0 spiro atoms. The Hall–Kier alpha value is -0.710. The largest absolute Gasteiger partial charge is 0.481 e. The van der Waals surface area contributed by atoms with E-state index in [1.165, 1.54) is 11.4 Å². The molecule has 0 aromatic rings. The van der Waals surface area contributed by atoms with Crippen LogP contribution in [0.1, 0.15) is 12.8 Å². The SMILES string of the molecule is CN(CCS(C)(=O)=O)S(=O)(=O)N1CCC(C(=O)O)CC1. The van der Waals surface area contributed by atoms with E-state index in [0.29, 0.717) is 0 Å². The number of hydrogen-bond acceptors (Lipinski definition) is 5. The third-order valence-electron chi connectivity index (χ3n) is 3.30. The van der Waals surface area contributed by atoms with Gasteiger partial charge in [-0.25, -0.2) is 8.42 Å². The molecular weight excluding hydrogens is 308 g/mol. The van der Waals surface area contributed by atoms with Crippen LogP contribution in [-0.4, -0.2) is 75.2 Å². The second-order valence-corrected chi connectivity index (χ2v) is 9.27. The van der Waals surface area contributed by atoms with E-state index in [1.54, 1.807) is 0 Å². The Morgan fingerprint density at radius 1 is 1.25 bits per heavy atom. The van der Waals surface area contributed by atoms with Crippen molar-refractivity contribution in [3.8, 4) is 0 Å². The summed E-state index contributed by atoms with van der Waals surface area (Å²) < 4.78 is 48.7. The van der Waals surface area contributed by atoms with Crippen LogP contribution in [0.25, 0.3) is 0 Å². The summed E-state index contributed by atoms with van der Waals surface area (Å²) in [6.07, 6.45) is 1.59. The molecule has 0 bridgehead atoms. The van der Waals surface area contributed by atoms with Crippen LogP contribution < -0.4 is 0 Å². The van der Waals surface area contributed by atoms with Gasteiger partial charge in [-0.05, 0) is 12.8 Å². The molecule has 1 rings (SSSR count). The van der Waals surface area contributed by atoms with Gasteiger partial charge in [0.2, 0.25) is 0 Å². The van der Waals surface area contributed by atoms with Crippen LogP contribution in [0.4, 0.5) is 0 Å². The van der Waals surface area contributed by atoms with Crippen molar-refractivity contribution in [2.75, 3.05) is 38.7 Å². The maximum atomic E-state index is 12.2. The highest BCUT2D eigenvalue weighted by atomic mass is 32.2. The van der Waals surface area contributed by atoms with Crippen molar-refractivity contribution >= 4 is 26.0 Å². The van der Waals surface area contributed by atoms with Gasteiger partial charge >= 0.3 is 5.97 Å².